The lowest BCUT2D eigenvalue weighted by molar-refractivity contribution is -0.149. The van der Waals surface area contributed by atoms with E-state index in [1.807, 2.05) is 29.6 Å². The van der Waals surface area contributed by atoms with E-state index in [9.17, 15) is 14.4 Å². The highest BCUT2D eigenvalue weighted by atomic mass is 32.1. The van der Waals surface area contributed by atoms with E-state index in [0.29, 0.717) is 28.4 Å². The summed E-state index contributed by atoms with van der Waals surface area (Å²) in [6.07, 6.45) is 0. The normalized spacial score (nSPS) is 10.9. The zero-order valence-corrected chi connectivity index (χ0v) is 16.3. The Morgan fingerprint density at radius 1 is 0.931 bits per heavy atom. The third-order valence-electron chi connectivity index (χ3n) is 4.57. The summed E-state index contributed by atoms with van der Waals surface area (Å²) in [6.45, 7) is -0.0389. The van der Waals surface area contributed by atoms with Gasteiger partial charge in [-0.25, -0.2) is 0 Å². The van der Waals surface area contributed by atoms with Gasteiger partial charge < -0.3 is 14.6 Å². The molecule has 0 bridgehead atoms. The fourth-order valence-electron chi connectivity index (χ4n) is 3.22. The molecular formula is C22H18N2O4S. The standard InChI is InChI=1S/C22H18N2O4S/c25-20(23-12-15-6-5-11-29-15)14-28-21(26)13-24-18-9-3-1-7-16(18)22(27)17-8-2-4-10-19(17)24/h1-11H,12-14H2,(H,23,25). The quantitative estimate of drug-likeness (QED) is 0.394. The Kier molecular flexibility index (Phi) is 5.39. The number of rotatable bonds is 6. The minimum absolute atomic E-state index is 0.0752. The van der Waals surface area contributed by atoms with E-state index in [1.165, 1.54) is 0 Å². The number of carbonyl (C=O) groups excluding carboxylic acids is 2. The van der Waals surface area contributed by atoms with Gasteiger partial charge in [0.05, 0.1) is 17.6 Å². The van der Waals surface area contributed by atoms with Gasteiger partial charge in [-0.2, -0.15) is 0 Å². The lowest BCUT2D eigenvalue weighted by Crippen LogP contribution is -2.29. The van der Waals surface area contributed by atoms with Gasteiger partial charge in [0.2, 0.25) is 0 Å². The summed E-state index contributed by atoms with van der Waals surface area (Å²) >= 11 is 1.54. The van der Waals surface area contributed by atoms with Crippen LogP contribution in [0.2, 0.25) is 0 Å². The first-order valence-electron chi connectivity index (χ1n) is 9.08. The highest BCUT2D eigenvalue weighted by molar-refractivity contribution is 7.09. The molecule has 0 aliphatic rings. The second-order valence-corrected chi connectivity index (χ2v) is 7.50. The van der Waals surface area contributed by atoms with Crippen molar-refractivity contribution in [2.45, 2.75) is 13.1 Å². The largest absolute Gasteiger partial charge is 0.454 e. The molecular weight excluding hydrogens is 388 g/mol. The van der Waals surface area contributed by atoms with Crippen LogP contribution in [0.1, 0.15) is 4.88 Å². The van der Waals surface area contributed by atoms with Gasteiger partial charge in [0.1, 0.15) is 6.54 Å². The van der Waals surface area contributed by atoms with Gasteiger partial charge in [-0.3, -0.25) is 14.4 Å². The van der Waals surface area contributed by atoms with E-state index in [1.54, 1.807) is 52.3 Å². The number of pyridine rings is 1. The summed E-state index contributed by atoms with van der Waals surface area (Å²) in [6, 6.07) is 18.1. The zero-order chi connectivity index (χ0) is 20.2. The predicted molar refractivity (Wildman–Crippen MR) is 113 cm³/mol. The SMILES string of the molecule is O=C(COC(=O)Cn1c2ccccc2c(=O)c2ccccc21)NCc1cccs1. The Bertz CT molecular complexity index is 1180. The minimum Gasteiger partial charge on any atom is -0.454 e. The average Bonchev–Trinajstić information content (AvgIpc) is 3.27. The highest BCUT2D eigenvalue weighted by Gasteiger charge is 2.14. The Balaban J connectivity index is 1.51. The zero-order valence-electron chi connectivity index (χ0n) is 15.5. The summed E-state index contributed by atoms with van der Waals surface area (Å²) in [5.41, 5.74) is 1.22. The molecule has 0 saturated carbocycles. The number of nitrogens with one attached hydrogen (secondary N) is 1. The molecule has 2 aromatic carbocycles. The molecule has 4 rings (SSSR count). The van der Waals surface area contributed by atoms with Crippen LogP contribution in [-0.2, 0) is 27.4 Å². The monoisotopic (exact) mass is 406 g/mol. The molecule has 0 radical (unpaired) electrons. The third-order valence-corrected chi connectivity index (χ3v) is 5.45. The number of aromatic nitrogens is 1. The Morgan fingerprint density at radius 2 is 1.59 bits per heavy atom. The van der Waals surface area contributed by atoms with Crippen molar-refractivity contribution in [3.8, 4) is 0 Å². The number of carbonyl (C=O) groups is 2. The van der Waals surface area contributed by atoms with Crippen LogP contribution in [0.5, 0.6) is 0 Å². The number of para-hydroxylation sites is 2. The fraction of sp³-hybridized carbons (Fsp3) is 0.136. The molecule has 0 saturated heterocycles. The predicted octanol–water partition coefficient (Wildman–Crippen LogP) is 3.08. The summed E-state index contributed by atoms with van der Waals surface area (Å²) in [7, 11) is 0. The van der Waals surface area contributed by atoms with E-state index in [0.717, 1.165) is 4.88 Å². The Hall–Kier alpha value is -3.45. The van der Waals surface area contributed by atoms with Gasteiger partial charge in [-0.1, -0.05) is 30.3 Å². The molecule has 7 heteroatoms. The first-order valence-corrected chi connectivity index (χ1v) is 9.96. The van der Waals surface area contributed by atoms with Gasteiger partial charge in [-0.05, 0) is 35.7 Å². The van der Waals surface area contributed by atoms with Crippen molar-refractivity contribution in [3.63, 3.8) is 0 Å². The van der Waals surface area contributed by atoms with Crippen LogP contribution < -0.4 is 10.7 Å². The Morgan fingerprint density at radius 3 is 2.21 bits per heavy atom. The topological polar surface area (TPSA) is 77.4 Å². The first kappa shape index (κ1) is 18.9. The number of benzene rings is 2. The van der Waals surface area contributed by atoms with Crippen LogP contribution in [-0.4, -0.2) is 23.1 Å². The molecule has 146 valence electrons. The lowest BCUT2D eigenvalue weighted by atomic mass is 10.1. The minimum atomic E-state index is -0.546. The van der Waals surface area contributed by atoms with Gasteiger partial charge in [0.15, 0.2) is 12.0 Å². The van der Waals surface area contributed by atoms with E-state index in [4.69, 9.17) is 4.74 Å². The van der Waals surface area contributed by atoms with Crippen LogP contribution in [0.3, 0.4) is 0 Å². The number of ether oxygens (including phenoxy) is 1. The molecule has 0 fully saturated rings. The maximum absolute atomic E-state index is 12.7. The number of fused-ring (bicyclic) bond motifs is 2. The molecule has 2 aromatic heterocycles. The molecule has 2 heterocycles. The third kappa shape index (κ3) is 4.05. The van der Waals surface area contributed by atoms with Crippen molar-refractivity contribution in [3.05, 3.63) is 81.1 Å². The number of hydrogen-bond acceptors (Lipinski definition) is 5. The van der Waals surface area contributed by atoms with Crippen molar-refractivity contribution in [1.29, 1.82) is 0 Å². The van der Waals surface area contributed by atoms with Crippen molar-refractivity contribution in [2.24, 2.45) is 0 Å². The lowest BCUT2D eigenvalue weighted by Gasteiger charge is -2.14. The van der Waals surface area contributed by atoms with Crippen molar-refractivity contribution < 1.29 is 14.3 Å². The maximum Gasteiger partial charge on any atom is 0.326 e. The van der Waals surface area contributed by atoms with Crippen molar-refractivity contribution >= 4 is 45.0 Å². The van der Waals surface area contributed by atoms with Crippen molar-refractivity contribution in [1.82, 2.24) is 9.88 Å². The van der Waals surface area contributed by atoms with Crippen molar-refractivity contribution in [2.75, 3.05) is 6.61 Å². The molecule has 6 nitrogen and oxygen atoms in total. The van der Waals surface area contributed by atoms with E-state index >= 15 is 0 Å². The fourth-order valence-corrected chi connectivity index (χ4v) is 3.86. The molecule has 0 atom stereocenters. The molecule has 4 aromatic rings. The van der Waals surface area contributed by atoms with Gasteiger partial charge in [-0.15, -0.1) is 11.3 Å². The number of esters is 1. The summed E-state index contributed by atoms with van der Waals surface area (Å²) in [5, 5.41) is 5.72. The van der Waals surface area contributed by atoms with E-state index < -0.39 is 5.97 Å². The van der Waals surface area contributed by atoms with E-state index in [2.05, 4.69) is 5.32 Å². The first-order chi connectivity index (χ1) is 14.1. The molecule has 0 unspecified atom stereocenters. The van der Waals surface area contributed by atoms with Crippen LogP contribution in [0.25, 0.3) is 21.8 Å². The second kappa shape index (κ2) is 8.28. The van der Waals surface area contributed by atoms with Gasteiger partial charge in [0.25, 0.3) is 5.91 Å². The number of hydrogen-bond donors (Lipinski definition) is 1. The summed E-state index contributed by atoms with van der Waals surface area (Å²) < 4.78 is 6.91. The summed E-state index contributed by atoms with van der Waals surface area (Å²) in [4.78, 5) is 38.1. The van der Waals surface area contributed by atoms with Gasteiger partial charge >= 0.3 is 5.97 Å². The number of amides is 1. The van der Waals surface area contributed by atoms with Crippen LogP contribution in [0.4, 0.5) is 0 Å². The molecule has 0 aliphatic carbocycles. The van der Waals surface area contributed by atoms with E-state index in [-0.39, 0.29) is 24.5 Å². The molecule has 1 N–H and O–H groups in total. The molecule has 1 amide bonds. The van der Waals surface area contributed by atoms with Crippen LogP contribution >= 0.6 is 11.3 Å². The molecule has 0 spiro atoms. The summed E-state index contributed by atoms with van der Waals surface area (Å²) in [5.74, 6) is -0.906. The smallest absolute Gasteiger partial charge is 0.326 e. The van der Waals surface area contributed by atoms with Gasteiger partial charge in [0, 0.05) is 15.6 Å². The number of thiophene rings is 1. The van der Waals surface area contributed by atoms with Crippen LogP contribution in [0.15, 0.2) is 70.8 Å². The Labute approximate surface area is 170 Å². The average molecular weight is 406 g/mol. The molecule has 0 aliphatic heterocycles. The maximum atomic E-state index is 12.7. The highest BCUT2D eigenvalue weighted by Crippen LogP contribution is 2.19. The molecule has 29 heavy (non-hydrogen) atoms. The number of nitrogens with zero attached hydrogens (tertiary/aromatic N) is 1. The van der Waals surface area contributed by atoms with Crippen LogP contribution in [0, 0.1) is 0 Å². The second-order valence-electron chi connectivity index (χ2n) is 6.47.